The van der Waals surface area contributed by atoms with Gasteiger partial charge in [-0.25, -0.2) is 4.79 Å². The van der Waals surface area contributed by atoms with E-state index in [0.717, 1.165) is 22.9 Å². The van der Waals surface area contributed by atoms with Gasteiger partial charge in [0, 0.05) is 15.7 Å². The molecule has 0 aliphatic rings. The number of carbonyl (C=O) groups excluding carboxylic acids is 2. The topological polar surface area (TPSA) is 96.0 Å². The Morgan fingerprint density at radius 3 is 2.47 bits per heavy atom. The summed E-state index contributed by atoms with van der Waals surface area (Å²) in [4.78, 5) is 25.5. The number of aromatic nitrogens is 2. The van der Waals surface area contributed by atoms with Crippen molar-refractivity contribution >= 4 is 50.0 Å². The zero-order chi connectivity index (χ0) is 23.1. The quantitative estimate of drug-likeness (QED) is 0.358. The molecule has 2 unspecified atom stereocenters. The van der Waals surface area contributed by atoms with E-state index in [-0.39, 0.29) is 11.8 Å². The maximum atomic E-state index is 13.0. The molecule has 3 amide bonds. The van der Waals surface area contributed by atoms with Gasteiger partial charge in [0.05, 0.1) is 0 Å². The molecule has 0 fully saturated rings. The molecule has 1 heterocycles. The van der Waals surface area contributed by atoms with Gasteiger partial charge in [-0.3, -0.25) is 10.1 Å². The first-order valence-electron chi connectivity index (χ1n) is 10.5. The van der Waals surface area contributed by atoms with E-state index in [0.29, 0.717) is 15.8 Å². The summed E-state index contributed by atoms with van der Waals surface area (Å²) in [5, 5.41) is 17.7. The summed E-state index contributed by atoms with van der Waals surface area (Å²) in [6.45, 7) is 5.97. The zero-order valence-corrected chi connectivity index (χ0v) is 20.6. The number of nitrogens with one attached hydrogen (secondary N) is 3. The number of amides is 3. The van der Waals surface area contributed by atoms with Crippen molar-refractivity contribution in [1.29, 1.82) is 0 Å². The number of carbonyl (C=O) groups is 2. The van der Waals surface area contributed by atoms with E-state index in [1.165, 1.54) is 16.9 Å². The summed E-state index contributed by atoms with van der Waals surface area (Å²) in [7, 11) is 0. The Bertz CT molecular complexity index is 1070. The lowest BCUT2D eigenvalue weighted by atomic mass is 9.98. The summed E-state index contributed by atoms with van der Waals surface area (Å²) >= 11 is 4.72. The van der Waals surface area contributed by atoms with Gasteiger partial charge in [0.15, 0.2) is 0 Å². The minimum absolute atomic E-state index is 0.0688. The minimum atomic E-state index is -0.715. The molecule has 7 nitrogen and oxygen atoms in total. The molecule has 2 atom stereocenters. The summed E-state index contributed by atoms with van der Waals surface area (Å²) < 4.78 is 0.937. The van der Waals surface area contributed by atoms with Crippen LogP contribution in [0.5, 0.6) is 0 Å². The van der Waals surface area contributed by atoms with Gasteiger partial charge in [0.2, 0.25) is 11.0 Å². The summed E-state index contributed by atoms with van der Waals surface area (Å²) in [5.74, 6) is -0.395. The molecule has 1 aromatic heterocycles. The molecule has 0 radical (unpaired) electrons. The first-order valence-corrected chi connectivity index (χ1v) is 12.1. The van der Waals surface area contributed by atoms with Gasteiger partial charge in [-0.1, -0.05) is 78.7 Å². The fraction of sp³-hybridized carbons (Fsp3) is 0.304. The molecule has 3 N–H and O–H groups in total. The van der Waals surface area contributed by atoms with Gasteiger partial charge >= 0.3 is 6.03 Å². The Kier molecular flexibility index (Phi) is 8.35. The summed E-state index contributed by atoms with van der Waals surface area (Å²) in [6, 6.07) is 14.2. The highest BCUT2D eigenvalue weighted by molar-refractivity contribution is 9.10. The van der Waals surface area contributed by atoms with Crippen LogP contribution in [0.25, 0.3) is 10.6 Å². The predicted molar refractivity (Wildman–Crippen MR) is 133 cm³/mol. The van der Waals surface area contributed by atoms with Gasteiger partial charge in [-0.05, 0) is 42.2 Å². The number of anilines is 2. The fourth-order valence-electron chi connectivity index (χ4n) is 3.03. The molecule has 3 rings (SSSR count). The van der Waals surface area contributed by atoms with Crippen LogP contribution in [-0.2, 0) is 11.2 Å². The Hall–Kier alpha value is -2.78. The standard InChI is InChI=1S/C23H26BrN5O2S/c1-4-14(3)19(26-22(31)25-18-11-9-15(5-2)10-12-18)20(30)27-23-29-28-21(32-23)16-7-6-8-17(24)13-16/h6-14,19H,4-5H2,1-3H3,(H2,25,26,31)(H,27,29,30). The number of hydrogen-bond donors (Lipinski definition) is 3. The summed E-state index contributed by atoms with van der Waals surface area (Å²) in [5.41, 5.74) is 2.76. The van der Waals surface area contributed by atoms with Crippen molar-refractivity contribution in [3.63, 3.8) is 0 Å². The third kappa shape index (κ3) is 6.37. The van der Waals surface area contributed by atoms with E-state index in [1.807, 2.05) is 62.4 Å². The van der Waals surface area contributed by atoms with Crippen molar-refractivity contribution < 1.29 is 9.59 Å². The maximum Gasteiger partial charge on any atom is 0.319 e. The van der Waals surface area contributed by atoms with Gasteiger partial charge in [-0.2, -0.15) is 0 Å². The molecule has 0 aliphatic carbocycles. The lowest BCUT2D eigenvalue weighted by Gasteiger charge is -2.23. The first kappa shape index (κ1) is 23.9. The van der Waals surface area contributed by atoms with E-state index >= 15 is 0 Å². The molecule has 0 aliphatic heterocycles. The number of urea groups is 1. The van der Waals surface area contributed by atoms with Crippen LogP contribution in [0, 0.1) is 5.92 Å². The van der Waals surface area contributed by atoms with Crippen molar-refractivity contribution in [3.8, 4) is 10.6 Å². The highest BCUT2D eigenvalue weighted by atomic mass is 79.9. The van der Waals surface area contributed by atoms with Gasteiger partial charge in [0.25, 0.3) is 0 Å². The van der Waals surface area contributed by atoms with E-state index in [4.69, 9.17) is 0 Å². The van der Waals surface area contributed by atoms with Crippen LogP contribution >= 0.6 is 27.3 Å². The second kappa shape index (κ2) is 11.2. The van der Waals surface area contributed by atoms with Crippen LogP contribution in [0.1, 0.15) is 32.8 Å². The van der Waals surface area contributed by atoms with E-state index in [1.54, 1.807) is 0 Å². The second-order valence-electron chi connectivity index (χ2n) is 7.42. The lowest BCUT2D eigenvalue weighted by molar-refractivity contribution is -0.119. The van der Waals surface area contributed by atoms with Crippen molar-refractivity contribution in [1.82, 2.24) is 15.5 Å². The van der Waals surface area contributed by atoms with Crippen LogP contribution in [-0.4, -0.2) is 28.2 Å². The molecule has 0 bridgehead atoms. The minimum Gasteiger partial charge on any atom is -0.326 e. The number of nitrogens with zero attached hydrogens (tertiary/aromatic N) is 2. The Balaban J connectivity index is 1.66. The largest absolute Gasteiger partial charge is 0.326 e. The highest BCUT2D eigenvalue weighted by Gasteiger charge is 2.27. The average Bonchev–Trinajstić information content (AvgIpc) is 3.26. The zero-order valence-electron chi connectivity index (χ0n) is 18.2. The second-order valence-corrected chi connectivity index (χ2v) is 9.32. The number of rotatable bonds is 8. The molecule has 2 aromatic carbocycles. The SMILES string of the molecule is CCc1ccc(NC(=O)NC(C(=O)Nc2nnc(-c3cccc(Br)c3)s2)C(C)CC)cc1. The Morgan fingerprint density at radius 1 is 1.06 bits per heavy atom. The van der Waals surface area contributed by atoms with Crippen molar-refractivity contribution in [2.45, 2.75) is 39.7 Å². The van der Waals surface area contributed by atoms with Crippen LogP contribution in [0.4, 0.5) is 15.6 Å². The van der Waals surface area contributed by atoms with Gasteiger partial charge < -0.3 is 10.6 Å². The van der Waals surface area contributed by atoms with Crippen molar-refractivity contribution in [2.75, 3.05) is 10.6 Å². The molecule has 168 valence electrons. The van der Waals surface area contributed by atoms with Crippen LogP contribution in [0.3, 0.4) is 0 Å². The number of hydrogen-bond acceptors (Lipinski definition) is 5. The Morgan fingerprint density at radius 2 is 1.81 bits per heavy atom. The number of aryl methyl sites for hydroxylation is 1. The van der Waals surface area contributed by atoms with E-state index < -0.39 is 12.1 Å². The smallest absolute Gasteiger partial charge is 0.319 e. The average molecular weight is 516 g/mol. The number of benzene rings is 2. The third-order valence-corrected chi connectivity index (χ3v) is 6.51. The van der Waals surface area contributed by atoms with Crippen molar-refractivity contribution in [3.05, 3.63) is 58.6 Å². The first-order chi connectivity index (χ1) is 15.4. The third-order valence-electron chi connectivity index (χ3n) is 5.13. The highest BCUT2D eigenvalue weighted by Crippen LogP contribution is 2.28. The van der Waals surface area contributed by atoms with Gasteiger partial charge in [0.1, 0.15) is 11.0 Å². The van der Waals surface area contributed by atoms with Crippen LogP contribution in [0.15, 0.2) is 53.0 Å². The lowest BCUT2D eigenvalue weighted by Crippen LogP contribution is -2.49. The van der Waals surface area contributed by atoms with Crippen molar-refractivity contribution in [2.24, 2.45) is 5.92 Å². The molecule has 9 heteroatoms. The molecule has 0 saturated heterocycles. The normalized spacial score (nSPS) is 12.6. The Labute approximate surface area is 200 Å². The monoisotopic (exact) mass is 515 g/mol. The molecule has 3 aromatic rings. The molecular formula is C23H26BrN5O2S. The van der Waals surface area contributed by atoms with Crippen LogP contribution < -0.4 is 16.0 Å². The fourth-order valence-corrected chi connectivity index (χ4v) is 4.17. The van der Waals surface area contributed by atoms with E-state index in [2.05, 4.69) is 49.0 Å². The predicted octanol–water partition coefficient (Wildman–Crippen LogP) is 5.70. The molecule has 32 heavy (non-hydrogen) atoms. The molecule has 0 spiro atoms. The molecular weight excluding hydrogens is 490 g/mol. The maximum absolute atomic E-state index is 13.0. The van der Waals surface area contributed by atoms with Crippen LogP contribution in [0.2, 0.25) is 0 Å². The van der Waals surface area contributed by atoms with E-state index in [9.17, 15) is 9.59 Å². The molecule has 0 saturated carbocycles. The summed E-state index contributed by atoms with van der Waals surface area (Å²) in [6.07, 6.45) is 1.65. The van der Waals surface area contributed by atoms with Gasteiger partial charge in [-0.15, -0.1) is 10.2 Å². The number of halogens is 1.